The highest BCUT2D eigenvalue weighted by Gasteiger charge is 2.36. The molecule has 6 nitrogen and oxygen atoms in total. The van der Waals surface area contributed by atoms with Crippen LogP contribution in [0.25, 0.3) is 0 Å². The Kier molecular flexibility index (Phi) is 5.00. The van der Waals surface area contributed by atoms with E-state index >= 15 is 0 Å². The highest BCUT2D eigenvalue weighted by atomic mass is 16.6. The maximum atomic E-state index is 12.1. The van der Waals surface area contributed by atoms with Crippen LogP contribution >= 0.6 is 0 Å². The number of nitrogens with zero attached hydrogens (tertiary/aromatic N) is 1. The van der Waals surface area contributed by atoms with Crippen LogP contribution in [0.3, 0.4) is 0 Å². The van der Waals surface area contributed by atoms with Gasteiger partial charge in [0.15, 0.2) is 0 Å². The van der Waals surface area contributed by atoms with E-state index in [1.54, 1.807) is 26.0 Å². The van der Waals surface area contributed by atoms with Crippen LogP contribution in [0.2, 0.25) is 0 Å². The number of hydrogen-bond acceptors (Lipinski definition) is 5. The van der Waals surface area contributed by atoms with E-state index in [1.165, 1.54) is 12.1 Å². The third-order valence-electron chi connectivity index (χ3n) is 3.09. The Morgan fingerprint density at radius 1 is 1.42 bits per heavy atom. The van der Waals surface area contributed by atoms with E-state index < -0.39 is 10.3 Å². The van der Waals surface area contributed by atoms with E-state index in [-0.39, 0.29) is 18.3 Å². The summed E-state index contributed by atoms with van der Waals surface area (Å²) >= 11 is 0. The number of nitro groups is 1. The highest BCUT2D eigenvalue weighted by Crippen LogP contribution is 2.30. The van der Waals surface area contributed by atoms with Crippen molar-refractivity contribution in [1.82, 2.24) is 0 Å². The monoisotopic (exact) mass is 266 g/mol. The third-order valence-corrected chi connectivity index (χ3v) is 3.09. The minimum Gasteiger partial charge on any atom is -0.465 e. The third kappa shape index (κ3) is 3.29. The van der Waals surface area contributed by atoms with Gasteiger partial charge in [-0.1, -0.05) is 12.1 Å². The number of carbonyl (C=O) groups is 1. The predicted molar refractivity (Wildman–Crippen MR) is 70.8 cm³/mol. The molecule has 1 aromatic rings. The van der Waals surface area contributed by atoms with Crippen molar-refractivity contribution in [2.45, 2.75) is 25.7 Å². The van der Waals surface area contributed by atoms with Gasteiger partial charge in [-0.25, -0.2) is 0 Å². The molecule has 104 valence electrons. The molecule has 6 heteroatoms. The molecule has 0 saturated carbocycles. The summed E-state index contributed by atoms with van der Waals surface area (Å²) in [6, 6.07) is 5.90. The Hall–Kier alpha value is -1.95. The molecule has 1 atom stereocenters. The molecule has 0 amide bonds. The first-order valence-corrected chi connectivity index (χ1v) is 6.08. The number of non-ortho nitro benzene ring substituents is 1. The van der Waals surface area contributed by atoms with Gasteiger partial charge in [0.2, 0.25) is 0 Å². The summed E-state index contributed by atoms with van der Waals surface area (Å²) in [6.07, 6.45) is 0.420. The topological polar surface area (TPSA) is 95.5 Å². The molecule has 0 bridgehead atoms. The van der Waals surface area contributed by atoms with Crippen molar-refractivity contribution < 1.29 is 14.5 Å². The Morgan fingerprint density at radius 2 is 2.00 bits per heavy atom. The summed E-state index contributed by atoms with van der Waals surface area (Å²) < 4.78 is 5.06. The van der Waals surface area contributed by atoms with E-state index in [4.69, 9.17) is 10.5 Å². The Labute approximate surface area is 111 Å². The molecule has 0 spiro atoms. The molecule has 1 unspecified atom stereocenters. The smallest absolute Gasteiger partial charge is 0.316 e. The minimum atomic E-state index is -0.875. The molecule has 0 fully saturated rings. The van der Waals surface area contributed by atoms with Crippen molar-refractivity contribution in [3.05, 3.63) is 39.9 Å². The van der Waals surface area contributed by atoms with Crippen molar-refractivity contribution in [1.29, 1.82) is 0 Å². The summed E-state index contributed by atoms with van der Waals surface area (Å²) in [6.45, 7) is 4.08. The second-order valence-electron chi connectivity index (χ2n) is 4.40. The van der Waals surface area contributed by atoms with Gasteiger partial charge >= 0.3 is 5.97 Å². The van der Waals surface area contributed by atoms with Gasteiger partial charge in [-0.3, -0.25) is 14.9 Å². The van der Waals surface area contributed by atoms with Gasteiger partial charge in [-0.2, -0.15) is 0 Å². The van der Waals surface area contributed by atoms with Crippen molar-refractivity contribution >= 4 is 11.7 Å². The lowest BCUT2D eigenvalue weighted by atomic mass is 9.79. The fourth-order valence-electron chi connectivity index (χ4n) is 1.89. The SMILES string of the molecule is CCOC(=O)C(C)(CCN)c1ccc([N+](=O)[O-])cc1. The van der Waals surface area contributed by atoms with Gasteiger partial charge in [0, 0.05) is 12.1 Å². The van der Waals surface area contributed by atoms with Crippen LogP contribution in [0.4, 0.5) is 5.69 Å². The first-order chi connectivity index (χ1) is 8.95. The zero-order valence-electron chi connectivity index (χ0n) is 11.1. The summed E-state index contributed by atoms with van der Waals surface area (Å²) in [7, 11) is 0. The molecule has 19 heavy (non-hydrogen) atoms. The van der Waals surface area contributed by atoms with Crippen LogP contribution < -0.4 is 5.73 Å². The molecule has 0 radical (unpaired) electrons. The van der Waals surface area contributed by atoms with Crippen LogP contribution in [0.1, 0.15) is 25.8 Å². The van der Waals surface area contributed by atoms with Crippen LogP contribution in [0, 0.1) is 10.1 Å². The number of esters is 1. The molecule has 0 aliphatic carbocycles. The number of ether oxygens (including phenoxy) is 1. The van der Waals surface area contributed by atoms with Crippen molar-refractivity contribution in [3.63, 3.8) is 0 Å². The molecule has 1 aromatic carbocycles. The van der Waals surface area contributed by atoms with Gasteiger partial charge in [-0.05, 0) is 32.4 Å². The molecular weight excluding hydrogens is 248 g/mol. The van der Waals surface area contributed by atoms with E-state index in [2.05, 4.69) is 0 Å². The average molecular weight is 266 g/mol. The summed E-state index contributed by atoms with van der Waals surface area (Å²) in [5.74, 6) is -0.366. The largest absolute Gasteiger partial charge is 0.465 e. The number of nitro benzene ring substituents is 1. The summed E-state index contributed by atoms with van der Waals surface area (Å²) in [4.78, 5) is 22.2. The van der Waals surface area contributed by atoms with Gasteiger partial charge in [-0.15, -0.1) is 0 Å². The van der Waals surface area contributed by atoms with Gasteiger partial charge in [0.1, 0.15) is 0 Å². The van der Waals surface area contributed by atoms with Crippen molar-refractivity contribution in [2.24, 2.45) is 5.73 Å². The number of carbonyl (C=O) groups excluding carboxylic acids is 1. The van der Waals surface area contributed by atoms with Crippen LogP contribution in [-0.2, 0) is 14.9 Å². The maximum absolute atomic E-state index is 12.1. The Bertz CT molecular complexity index is 458. The first kappa shape index (κ1) is 15.1. The van der Waals surface area contributed by atoms with E-state index in [0.29, 0.717) is 18.5 Å². The number of nitrogens with two attached hydrogens (primary N) is 1. The molecule has 2 N–H and O–H groups in total. The first-order valence-electron chi connectivity index (χ1n) is 6.08. The highest BCUT2D eigenvalue weighted by molar-refractivity contribution is 5.82. The van der Waals surface area contributed by atoms with E-state index in [0.717, 1.165) is 0 Å². The lowest BCUT2D eigenvalue weighted by Gasteiger charge is -2.27. The van der Waals surface area contributed by atoms with Crippen LogP contribution in [0.15, 0.2) is 24.3 Å². The maximum Gasteiger partial charge on any atom is 0.316 e. The number of hydrogen-bond donors (Lipinski definition) is 1. The molecule has 1 rings (SSSR count). The predicted octanol–water partition coefficient (Wildman–Crippen LogP) is 1.76. The Morgan fingerprint density at radius 3 is 2.42 bits per heavy atom. The molecule has 0 aliphatic heterocycles. The van der Waals surface area contributed by atoms with Crippen LogP contribution in [0.5, 0.6) is 0 Å². The molecule has 0 aromatic heterocycles. The normalized spacial score (nSPS) is 13.6. The lowest BCUT2D eigenvalue weighted by molar-refractivity contribution is -0.384. The average Bonchev–Trinajstić information content (AvgIpc) is 2.39. The quantitative estimate of drug-likeness (QED) is 0.481. The molecule has 0 aliphatic rings. The second-order valence-corrected chi connectivity index (χ2v) is 4.40. The molecule has 0 saturated heterocycles. The number of benzene rings is 1. The fourth-order valence-corrected chi connectivity index (χ4v) is 1.89. The molecule has 0 heterocycles. The standard InChI is InChI=1S/C13H18N2O4/c1-3-19-12(16)13(2,8-9-14)10-4-6-11(7-5-10)15(17)18/h4-7H,3,8-9,14H2,1-2H3. The molecular formula is C13H18N2O4. The summed E-state index contributed by atoms with van der Waals surface area (Å²) in [5, 5.41) is 10.6. The van der Waals surface area contributed by atoms with Crippen LogP contribution in [-0.4, -0.2) is 24.0 Å². The van der Waals surface area contributed by atoms with Gasteiger partial charge in [0.25, 0.3) is 5.69 Å². The van der Waals surface area contributed by atoms with Crippen molar-refractivity contribution in [2.75, 3.05) is 13.2 Å². The zero-order chi connectivity index (χ0) is 14.5. The van der Waals surface area contributed by atoms with Gasteiger partial charge in [0.05, 0.1) is 16.9 Å². The van der Waals surface area contributed by atoms with E-state index in [9.17, 15) is 14.9 Å². The van der Waals surface area contributed by atoms with Gasteiger partial charge < -0.3 is 10.5 Å². The minimum absolute atomic E-state index is 0.0114. The second kappa shape index (κ2) is 6.29. The Balaban J connectivity index is 3.11. The zero-order valence-corrected chi connectivity index (χ0v) is 11.1. The number of rotatable bonds is 6. The fraction of sp³-hybridized carbons (Fsp3) is 0.462. The van der Waals surface area contributed by atoms with E-state index in [1.807, 2.05) is 0 Å². The summed E-state index contributed by atoms with van der Waals surface area (Å²) in [5.41, 5.74) is 5.33. The van der Waals surface area contributed by atoms with Crippen molar-refractivity contribution in [3.8, 4) is 0 Å². The lowest BCUT2D eigenvalue weighted by Crippen LogP contribution is -2.36.